The highest BCUT2D eigenvalue weighted by Gasteiger charge is 2.36. The minimum absolute atomic E-state index is 0.0138. The summed E-state index contributed by atoms with van der Waals surface area (Å²) in [6.07, 6.45) is 3.45. The Morgan fingerprint density at radius 1 is 1.43 bits per heavy atom. The Labute approximate surface area is 123 Å². The van der Waals surface area contributed by atoms with Crippen molar-refractivity contribution in [3.63, 3.8) is 0 Å². The van der Waals surface area contributed by atoms with E-state index in [4.69, 9.17) is 9.26 Å². The second kappa shape index (κ2) is 5.15. The number of anilines is 1. The number of fused-ring (bicyclic) bond motifs is 1. The Morgan fingerprint density at radius 3 is 3.14 bits per heavy atom. The molecule has 1 aromatic heterocycles. The Morgan fingerprint density at radius 2 is 2.33 bits per heavy atom. The molecular formula is C16H19N3O2. The third kappa shape index (κ3) is 2.42. The molecule has 0 spiro atoms. The van der Waals surface area contributed by atoms with Crippen LogP contribution in [0.15, 0.2) is 22.7 Å². The molecule has 5 heteroatoms. The molecule has 1 saturated carbocycles. The molecule has 110 valence electrons. The van der Waals surface area contributed by atoms with Crippen LogP contribution in [0, 0.1) is 5.92 Å². The van der Waals surface area contributed by atoms with E-state index < -0.39 is 0 Å². The van der Waals surface area contributed by atoms with Crippen LogP contribution in [0.3, 0.4) is 0 Å². The van der Waals surface area contributed by atoms with Crippen molar-refractivity contribution in [2.75, 3.05) is 18.5 Å². The first-order valence-electron chi connectivity index (χ1n) is 7.67. The fraction of sp³-hybridized carbons (Fsp3) is 0.500. The van der Waals surface area contributed by atoms with Gasteiger partial charge in [0.15, 0.2) is 0 Å². The van der Waals surface area contributed by atoms with Gasteiger partial charge in [-0.05, 0) is 49.8 Å². The summed E-state index contributed by atoms with van der Waals surface area (Å²) in [5.41, 5.74) is 3.49. The summed E-state index contributed by atoms with van der Waals surface area (Å²) in [5.74, 6) is 1.81. The van der Waals surface area contributed by atoms with Gasteiger partial charge in [0.1, 0.15) is 6.10 Å². The standard InChI is InChI=1S/C16H19N3O2/c1-2-20-14(11-4-5-11)15-18-16(21-19-15)12-6-3-10-7-8-17-13(10)9-12/h3,6,9,11,14,17H,2,4-5,7-8H2,1H3. The zero-order valence-electron chi connectivity index (χ0n) is 12.1. The maximum absolute atomic E-state index is 5.78. The fourth-order valence-electron chi connectivity index (χ4n) is 2.89. The molecule has 1 fully saturated rings. The van der Waals surface area contributed by atoms with Gasteiger partial charge in [0.05, 0.1) is 0 Å². The van der Waals surface area contributed by atoms with Crippen LogP contribution in [0.25, 0.3) is 11.5 Å². The maximum atomic E-state index is 5.78. The molecule has 0 amide bonds. The Balaban J connectivity index is 1.61. The van der Waals surface area contributed by atoms with E-state index in [2.05, 4.69) is 33.7 Å². The predicted octanol–water partition coefficient (Wildman–Crippen LogP) is 3.19. The molecule has 1 aliphatic heterocycles. The van der Waals surface area contributed by atoms with Gasteiger partial charge in [-0.3, -0.25) is 0 Å². The van der Waals surface area contributed by atoms with Crippen LogP contribution in [-0.4, -0.2) is 23.3 Å². The molecule has 2 aromatic rings. The monoisotopic (exact) mass is 285 g/mol. The van der Waals surface area contributed by atoms with Crippen LogP contribution in [-0.2, 0) is 11.2 Å². The van der Waals surface area contributed by atoms with Gasteiger partial charge in [-0.2, -0.15) is 4.98 Å². The van der Waals surface area contributed by atoms with Crippen LogP contribution in [0.4, 0.5) is 5.69 Å². The number of nitrogens with zero attached hydrogens (tertiary/aromatic N) is 2. The molecule has 2 aliphatic rings. The van der Waals surface area contributed by atoms with Gasteiger partial charge >= 0.3 is 0 Å². The van der Waals surface area contributed by atoms with Gasteiger partial charge in [0.2, 0.25) is 5.82 Å². The highest BCUT2D eigenvalue weighted by atomic mass is 16.5. The van der Waals surface area contributed by atoms with Crippen molar-refractivity contribution in [3.8, 4) is 11.5 Å². The minimum Gasteiger partial charge on any atom is -0.384 e. The quantitative estimate of drug-likeness (QED) is 0.914. The summed E-state index contributed by atoms with van der Waals surface area (Å²) < 4.78 is 11.2. The van der Waals surface area contributed by atoms with Crippen molar-refractivity contribution < 1.29 is 9.26 Å². The van der Waals surface area contributed by atoms with E-state index in [1.165, 1.54) is 24.1 Å². The molecule has 1 atom stereocenters. The average molecular weight is 285 g/mol. The van der Waals surface area contributed by atoms with E-state index >= 15 is 0 Å². The Bertz CT molecular complexity index is 649. The zero-order valence-corrected chi connectivity index (χ0v) is 12.1. The normalized spacial score (nSPS) is 18.3. The SMILES string of the molecule is CCOC(c1noc(-c2ccc3c(c2)NCC3)n1)C1CC1. The molecule has 0 bridgehead atoms. The molecule has 1 unspecified atom stereocenters. The molecule has 1 N–H and O–H groups in total. The highest BCUT2D eigenvalue weighted by Crippen LogP contribution is 2.42. The van der Waals surface area contributed by atoms with Gasteiger partial charge < -0.3 is 14.6 Å². The third-order valence-electron chi connectivity index (χ3n) is 4.16. The predicted molar refractivity (Wildman–Crippen MR) is 79.0 cm³/mol. The summed E-state index contributed by atoms with van der Waals surface area (Å²) in [7, 11) is 0. The molecule has 0 radical (unpaired) electrons. The minimum atomic E-state index is -0.0138. The smallest absolute Gasteiger partial charge is 0.258 e. The second-order valence-corrected chi connectivity index (χ2v) is 5.72. The van der Waals surface area contributed by atoms with Gasteiger partial charge in [-0.15, -0.1) is 0 Å². The fourth-order valence-corrected chi connectivity index (χ4v) is 2.89. The number of hydrogen-bond acceptors (Lipinski definition) is 5. The molecule has 5 nitrogen and oxygen atoms in total. The van der Waals surface area contributed by atoms with Crippen LogP contribution >= 0.6 is 0 Å². The highest BCUT2D eigenvalue weighted by molar-refractivity contribution is 5.66. The number of hydrogen-bond donors (Lipinski definition) is 1. The van der Waals surface area contributed by atoms with Crippen LogP contribution < -0.4 is 5.32 Å². The van der Waals surface area contributed by atoms with Crippen LogP contribution in [0.1, 0.15) is 37.3 Å². The molecule has 1 aromatic carbocycles. The number of aromatic nitrogens is 2. The summed E-state index contributed by atoms with van der Waals surface area (Å²) >= 11 is 0. The number of ether oxygens (including phenoxy) is 1. The molecular weight excluding hydrogens is 266 g/mol. The summed E-state index contributed by atoms with van der Waals surface area (Å²) in [6.45, 7) is 3.68. The average Bonchev–Trinajstić information content (AvgIpc) is 3.03. The van der Waals surface area contributed by atoms with Crippen molar-refractivity contribution in [1.29, 1.82) is 0 Å². The van der Waals surface area contributed by atoms with Crippen molar-refractivity contribution in [2.24, 2.45) is 5.92 Å². The summed E-state index contributed by atoms with van der Waals surface area (Å²) in [6, 6.07) is 6.28. The first-order valence-corrected chi connectivity index (χ1v) is 7.67. The first-order chi connectivity index (χ1) is 10.3. The second-order valence-electron chi connectivity index (χ2n) is 5.72. The lowest BCUT2D eigenvalue weighted by Crippen LogP contribution is -2.08. The van der Waals surface area contributed by atoms with Crippen molar-refractivity contribution in [1.82, 2.24) is 10.1 Å². The summed E-state index contributed by atoms with van der Waals surface area (Å²) in [4.78, 5) is 4.56. The summed E-state index contributed by atoms with van der Waals surface area (Å²) in [5, 5.41) is 7.51. The lowest BCUT2D eigenvalue weighted by Gasteiger charge is -2.11. The number of rotatable bonds is 5. The maximum Gasteiger partial charge on any atom is 0.258 e. The lowest BCUT2D eigenvalue weighted by molar-refractivity contribution is 0.0385. The molecule has 0 saturated heterocycles. The van der Waals surface area contributed by atoms with E-state index in [1.807, 2.05) is 6.92 Å². The number of nitrogens with one attached hydrogen (secondary N) is 1. The van der Waals surface area contributed by atoms with Gasteiger partial charge in [-0.1, -0.05) is 11.2 Å². The molecule has 21 heavy (non-hydrogen) atoms. The topological polar surface area (TPSA) is 60.2 Å². The van der Waals surface area contributed by atoms with Crippen molar-refractivity contribution in [3.05, 3.63) is 29.6 Å². The van der Waals surface area contributed by atoms with E-state index in [-0.39, 0.29) is 6.10 Å². The third-order valence-corrected chi connectivity index (χ3v) is 4.16. The lowest BCUT2D eigenvalue weighted by atomic mass is 10.1. The van der Waals surface area contributed by atoms with Crippen LogP contribution in [0.2, 0.25) is 0 Å². The van der Waals surface area contributed by atoms with E-state index in [1.54, 1.807) is 0 Å². The van der Waals surface area contributed by atoms with Crippen molar-refractivity contribution >= 4 is 5.69 Å². The first kappa shape index (κ1) is 12.8. The largest absolute Gasteiger partial charge is 0.384 e. The van der Waals surface area contributed by atoms with Gasteiger partial charge in [0, 0.05) is 24.4 Å². The van der Waals surface area contributed by atoms with E-state index in [0.29, 0.717) is 24.2 Å². The van der Waals surface area contributed by atoms with Crippen LogP contribution in [0.5, 0.6) is 0 Å². The van der Waals surface area contributed by atoms with E-state index in [9.17, 15) is 0 Å². The number of benzene rings is 1. The van der Waals surface area contributed by atoms with Crippen molar-refractivity contribution in [2.45, 2.75) is 32.3 Å². The molecule has 4 rings (SSSR count). The van der Waals surface area contributed by atoms with Gasteiger partial charge in [-0.25, -0.2) is 0 Å². The molecule has 1 aliphatic carbocycles. The molecule has 2 heterocycles. The van der Waals surface area contributed by atoms with Gasteiger partial charge in [0.25, 0.3) is 5.89 Å². The Kier molecular flexibility index (Phi) is 3.15. The zero-order chi connectivity index (χ0) is 14.2. The Hall–Kier alpha value is -1.88. The van der Waals surface area contributed by atoms with E-state index in [0.717, 1.165) is 18.5 Å².